The molecule has 144 valence electrons. The number of ether oxygens (including phenoxy) is 2. The van der Waals surface area contributed by atoms with Crippen molar-refractivity contribution in [3.63, 3.8) is 0 Å². The van der Waals surface area contributed by atoms with Gasteiger partial charge in [0.2, 0.25) is 0 Å². The van der Waals surface area contributed by atoms with E-state index in [0.29, 0.717) is 35.5 Å². The van der Waals surface area contributed by atoms with E-state index in [1.165, 1.54) is 6.42 Å². The van der Waals surface area contributed by atoms with Crippen LogP contribution in [0.25, 0.3) is 6.08 Å². The number of benzene rings is 1. The highest BCUT2D eigenvalue weighted by Crippen LogP contribution is 2.31. The fourth-order valence-corrected chi connectivity index (χ4v) is 3.88. The van der Waals surface area contributed by atoms with Crippen LogP contribution in [-0.2, 0) is 4.79 Å². The zero-order valence-corrected chi connectivity index (χ0v) is 16.5. The number of nitrogens with one attached hydrogen (secondary N) is 1. The Labute approximate surface area is 166 Å². The fraction of sp³-hybridized carbons (Fsp3) is 0.429. The largest absolute Gasteiger partial charge is 0.490 e. The second-order valence-corrected chi connectivity index (χ2v) is 7.08. The molecule has 5 nitrogen and oxygen atoms in total. The van der Waals surface area contributed by atoms with E-state index in [2.05, 4.69) is 11.9 Å². The lowest BCUT2D eigenvalue weighted by Crippen LogP contribution is -2.41. The second kappa shape index (κ2) is 9.04. The van der Waals surface area contributed by atoms with E-state index in [9.17, 15) is 4.79 Å². The smallest absolute Gasteiger partial charge is 0.276 e. The summed E-state index contributed by atoms with van der Waals surface area (Å²) in [6.45, 7) is 6.52. The summed E-state index contributed by atoms with van der Waals surface area (Å²) in [7, 11) is 0. The molecule has 0 bridgehead atoms. The highest BCUT2D eigenvalue weighted by molar-refractivity contribution is 7.80. The molecule has 1 saturated heterocycles. The molecule has 27 heavy (non-hydrogen) atoms. The Morgan fingerprint density at radius 1 is 1.26 bits per heavy atom. The van der Waals surface area contributed by atoms with Crippen molar-refractivity contribution < 1.29 is 14.3 Å². The zero-order valence-electron chi connectivity index (χ0n) is 15.7. The molecule has 1 saturated carbocycles. The Bertz CT molecular complexity index is 754. The number of rotatable bonds is 7. The maximum atomic E-state index is 12.9. The van der Waals surface area contributed by atoms with Gasteiger partial charge >= 0.3 is 0 Å². The van der Waals surface area contributed by atoms with Crippen LogP contribution in [-0.4, -0.2) is 35.2 Å². The van der Waals surface area contributed by atoms with E-state index < -0.39 is 0 Å². The van der Waals surface area contributed by atoms with E-state index in [4.69, 9.17) is 21.7 Å². The predicted molar refractivity (Wildman–Crippen MR) is 111 cm³/mol. The predicted octanol–water partition coefficient (Wildman–Crippen LogP) is 4.04. The van der Waals surface area contributed by atoms with Crippen molar-refractivity contribution in [2.24, 2.45) is 0 Å². The van der Waals surface area contributed by atoms with Crippen molar-refractivity contribution in [1.82, 2.24) is 10.2 Å². The first-order chi connectivity index (χ1) is 13.1. The van der Waals surface area contributed by atoms with Crippen molar-refractivity contribution in [3.05, 3.63) is 42.1 Å². The maximum absolute atomic E-state index is 12.9. The van der Waals surface area contributed by atoms with Gasteiger partial charge in [0, 0.05) is 6.04 Å². The maximum Gasteiger partial charge on any atom is 0.276 e. The monoisotopic (exact) mass is 386 g/mol. The number of nitrogens with zero attached hydrogens (tertiary/aromatic N) is 1. The zero-order chi connectivity index (χ0) is 19.2. The lowest BCUT2D eigenvalue weighted by atomic mass is 9.94. The molecule has 1 amide bonds. The van der Waals surface area contributed by atoms with Gasteiger partial charge in [0.25, 0.3) is 5.91 Å². The van der Waals surface area contributed by atoms with Crippen LogP contribution in [0.2, 0.25) is 0 Å². The minimum absolute atomic E-state index is 0.0446. The molecule has 0 aromatic heterocycles. The summed E-state index contributed by atoms with van der Waals surface area (Å²) >= 11 is 5.43. The van der Waals surface area contributed by atoms with Gasteiger partial charge in [-0.05, 0) is 55.8 Å². The number of hydrogen-bond acceptors (Lipinski definition) is 4. The van der Waals surface area contributed by atoms with Gasteiger partial charge in [-0.2, -0.15) is 0 Å². The van der Waals surface area contributed by atoms with Crippen molar-refractivity contribution >= 4 is 29.3 Å². The van der Waals surface area contributed by atoms with Crippen molar-refractivity contribution in [1.29, 1.82) is 0 Å². The second-order valence-electron chi connectivity index (χ2n) is 6.69. The highest BCUT2D eigenvalue weighted by atomic mass is 32.1. The van der Waals surface area contributed by atoms with Crippen LogP contribution in [0.15, 0.2) is 36.6 Å². The molecule has 0 radical (unpaired) electrons. The van der Waals surface area contributed by atoms with Crippen molar-refractivity contribution in [3.8, 4) is 11.5 Å². The summed E-state index contributed by atoms with van der Waals surface area (Å²) in [6.07, 6.45) is 9.09. The first-order valence-electron chi connectivity index (χ1n) is 9.50. The summed E-state index contributed by atoms with van der Waals surface area (Å²) in [6, 6.07) is 5.83. The lowest BCUT2D eigenvalue weighted by Gasteiger charge is -2.29. The Kier molecular flexibility index (Phi) is 6.50. The van der Waals surface area contributed by atoms with Gasteiger partial charge < -0.3 is 14.8 Å². The number of hydrogen-bond donors (Lipinski definition) is 1. The number of thiocarbonyl (C=S) groups is 1. The van der Waals surface area contributed by atoms with Gasteiger partial charge in [0.15, 0.2) is 16.6 Å². The van der Waals surface area contributed by atoms with Crippen LogP contribution in [0, 0.1) is 0 Å². The molecular weight excluding hydrogens is 360 g/mol. The molecular formula is C21H26N2O3S. The summed E-state index contributed by atoms with van der Waals surface area (Å²) in [5.41, 5.74) is 1.36. The molecule has 1 heterocycles. The van der Waals surface area contributed by atoms with Crippen LogP contribution in [0.1, 0.15) is 44.6 Å². The minimum atomic E-state index is -0.0446. The van der Waals surface area contributed by atoms with E-state index in [1.54, 1.807) is 11.0 Å². The molecule has 2 aliphatic rings. The molecule has 0 atom stereocenters. The average Bonchev–Trinajstić information content (AvgIpc) is 2.95. The normalized spacial score (nSPS) is 19.3. The molecule has 1 aromatic rings. The molecule has 1 aliphatic heterocycles. The van der Waals surface area contributed by atoms with Crippen LogP contribution < -0.4 is 14.8 Å². The SMILES string of the molecule is C=CCOc1ccc(C=C2NC(=S)N(C3CCCCC3)C2=O)cc1OCC. The third-order valence-corrected chi connectivity index (χ3v) is 5.08. The molecule has 3 rings (SSSR count). The molecule has 1 aromatic carbocycles. The summed E-state index contributed by atoms with van der Waals surface area (Å²) in [4.78, 5) is 14.6. The van der Waals surface area contributed by atoms with Crippen LogP contribution in [0.3, 0.4) is 0 Å². The van der Waals surface area contributed by atoms with Crippen LogP contribution >= 0.6 is 12.2 Å². The van der Waals surface area contributed by atoms with E-state index in [0.717, 1.165) is 31.2 Å². The molecule has 1 N–H and O–H groups in total. The van der Waals surface area contributed by atoms with Gasteiger partial charge in [-0.15, -0.1) is 0 Å². The molecule has 1 aliphatic carbocycles. The number of carbonyl (C=O) groups is 1. The number of amides is 1. The Balaban J connectivity index is 1.81. The third-order valence-electron chi connectivity index (χ3n) is 4.78. The molecule has 6 heteroatoms. The Hall–Kier alpha value is -2.34. The van der Waals surface area contributed by atoms with E-state index in [1.807, 2.05) is 31.2 Å². The van der Waals surface area contributed by atoms with Gasteiger partial charge in [-0.3, -0.25) is 9.69 Å². The quantitative estimate of drug-likeness (QED) is 0.435. The van der Waals surface area contributed by atoms with E-state index >= 15 is 0 Å². The number of carbonyl (C=O) groups excluding carboxylic acids is 1. The van der Waals surface area contributed by atoms with Gasteiger partial charge in [0.1, 0.15) is 12.3 Å². The molecule has 0 unspecified atom stereocenters. The van der Waals surface area contributed by atoms with E-state index in [-0.39, 0.29) is 11.9 Å². The summed E-state index contributed by atoms with van der Waals surface area (Å²) < 4.78 is 11.3. The lowest BCUT2D eigenvalue weighted by molar-refractivity contribution is -0.124. The topological polar surface area (TPSA) is 50.8 Å². The van der Waals surface area contributed by atoms with Crippen LogP contribution in [0.5, 0.6) is 11.5 Å². The van der Waals surface area contributed by atoms with Crippen molar-refractivity contribution in [2.75, 3.05) is 13.2 Å². The standard InChI is InChI=1S/C21H26N2O3S/c1-3-12-26-18-11-10-15(14-19(18)25-4-2)13-17-20(24)23(21(27)22-17)16-8-6-5-7-9-16/h3,10-11,13-14,16H,1,4-9,12H2,2H3,(H,22,27). The first kappa shape index (κ1) is 19.4. The molecule has 2 fully saturated rings. The third kappa shape index (κ3) is 4.50. The Morgan fingerprint density at radius 2 is 2.04 bits per heavy atom. The first-order valence-corrected chi connectivity index (χ1v) is 9.91. The average molecular weight is 387 g/mol. The highest BCUT2D eigenvalue weighted by Gasteiger charge is 2.36. The van der Waals surface area contributed by atoms with Crippen LogP contribution in [0.4, 0.5) is 0 Å². The fourth-order valence-electron chi connectivity index (χ4n) is 3.54. The van der Waals surface area contributed by atoms with Crippen molar-refractivity contribution in [2.45, 2.75) is 45.1 Å². The minimum Gasteiger partial charge on any atom is -0.490 e. The van der Waals surface area contributed by atoms with Gasteiger partial charge in [-0.1, -0.05) is 38.0 Å². The van der Waals surface area contributed by atoms with Gasteiger partial charge in [-0.25, -0.2) is 0 Å². The van der Waals surface area contributed by atoms with Gasteiger partial charge in [0.05, 0.1) is 6.61 Å². The molecule has 0 spiro atoms. The summed E-state index contributed by atoms with van der Waals surface area (Å²) in [5.74, 6) is 1.26. The summed E-state index contributed by atoms with van der Waals surface area (Å²) in [5, 5.41) is 3.59. The Morgan fingerprint density at radius 3 is 2.74 bits per heavy atom.